The van der Waals surface area contributed by atoms with E-state index in [0.717, 1.165) is 29.1 Å². The average Bonchev–Trinajstić information content (AvgIpc) is 2.78. The molecule has 0 aliphatic carbocycles. The number of fused-ring (bicyclic) bond motifs is 1. The van der Waals surface area contributed by atoms with Gasteiger partial charge in [0.1, 0.15) is 6.73 Å². The fourth-order valence-electron chi connectivity index (χ4n) is 2.17. The van der Waals surface area contributed by atoms with Crippen LogP contribution >= 0.6 is 0 Å². The van der Waals surface area contributed by atoms with Crippen LogP contribution in [0.25, 0.3) is 10.9 Å². The highest BCUT2D eigenvalue weighted by atomic mass is 28.3. The highest BCUT2D eigenvalue weighted by molar-refractivity contribution is 6.76. The van der Waals surface area contributed by atoms with Gasteiger partial charge in [-0.05, 0) is 18.0 Å². The third-order valence-electron chi connectivity index (χ3n) is 3.34. The van der Waals surface area contributed by atoms with Crippen molar-refractivity contribution in [2.24, 2.45) is 0 Å². The molecule has 1 N–H and O–H groups in total. The zero-order chi connectivity index (χ0) is 14.6. The maximum atomic E-state index is 9.15. The van der Waals surface area contributed by atoms with Crippen molar-refractivity contribution in [1.29, 1.82) is 0 Å². The molecule has 0 bridgehead atoms. The molecule has 0 aliphatic heterocycles. The van der Waals surface area contributed by atoms with Gasteiger partial charge in [0, 0.05) is 26.7 Å². The van der Waals surface area contributed by atoms with Gasteiger partial charge in [-0.3, -0.25) is 0 Å². The molecule has 0 spiro atoms. The molecule has 0 saturated carbocycles. The van der Waals surface area contributed by atoms with Crippen LogP contribution in [0.5, 0.6) is 0 Å². The van der Waals surface area contributed by atoms with E-state index in [0.29, 0.717) is 13.2 Å². The van der Waals surface area contributed by atoms with Crippen molar-refractivity contribution in [3.8, 4) is 0 Å². The molecule has 5 heteroatoms. The normalized spacial score (nSPS) is 12.2. The van der Waals surface area contributed by atoms with Gasteiger partial charge in [-0.2, -0.15) is 5.10 Å². The molecule has 1 aromatic carbocycles. The van der Waals surface area contributed by atoms with Crippen molar-refractivity contribution >= 4 is 19.0 Å². The molecule has 0 radical (unpaired) electrons. The molecule has 0 amide bonds. The van der Waals surface area contributed by atoms with Crippen LogP contribution in [0, 0.1) is 0 Å². The molecular formula is C15H24N2O2Si. The molecule has 2 aromatic rings. The van der Waals surface area contributed by atoms with Crippen LogP contribution in [0.3, 0.4) is 0 Å². The number of para-hydroxylation sites is 1. The number of ether oxygens (including phenoxy) is 1. The zero-order valence-electron chi connectivity index (χ0n) is 12.6. The number of hydrogen-bond donors (Lipinski definition) is 1. The predicted octanol–water partition coefficient (Wildman–Crippen LogP) is 2.88. The van der Waals surface area contributed by atoms with Crippen LogP contribution in [-0.4, -0.2) is 36.2 Å². The van der Waals surface area contributed by atoms with E-state index in [1.54, 1.807) is 0 Å². The summed E-state index contributed by atoms with van der Waals surface area (Å²) in [6.07, 6.45) is 2.51. The number of rotatable bonds is 7. The van der Waals surface area contributed by atoms with E-state index in [9.17, 15) is 0 Å². The summed E-state index contributed by atoms with van der Waals surface area (Å²) in [6, 6.07) is 7.25. The predicted molar refractivity (Wildman–Crippen MR) is 84.6 cm³/mol. The molecule has 1 aromatic heterocycles. The Morgan fingerprint density at radius 3 is 2.80 bits per heavy atom. The van der Waals surface area contributed by atoms with E-state index >= 15 is 0 Å². The zero-order valence-corrected chi connectivity index (χ0v) is 13.6. The molecule has 0 unspecified atom stereocenters. The Morgan fingerprint density at radius 2 is 2.10 bits per heavy atom. The van der Waals surface area contributed by atoms with Crippen molar-refractivity contribution in [3.63, 3.8) is 0 Å². The summed E-state index contributed by atoms with van der Waals surface area (Å²) in [6.45, 7) is 8.47. The second-order valence-electron chi connectivity index (χ2n) is 6.32. The number of nitrogens with zero attached hydrogens (tertiary/aromatic N) is 2. The van der Waals surface area contributed by atoms with Crippen LogP contribution in [-0.2, 0) is 17.9 Å². The SMILES string of the molecule is C[Si](C)(C)CCOCn1ncc2cccc(CCO)c21. The summed E-state index contributed by atoms with van der Waals surface area (Å²) in [5.41, 5.74) is 2.20. The number of benzene rings is 1. The lowest BCUT2D eigenvalue weighted by molar-refractivity contribution is 0.0816. The minimum Gasteiger partial charge on any atom is -0.396 e. The van der Waals surface area contributed by atoms with Crippen LogP contribution < -0.4 is 0 Å². The van der Waals surface area contributed by atoms with Gasteiger partial charge in [0.05, 0.1) is 11.7 Å². The lowest BCUT2D eigenvalue weighted by Crippen LogP contribution is -2.22. The molecule has 0 saturated heterocycles. The smallest absolute Gasteiger partial charge is 0.140 e. The Balaban J connectivity index is 2.06. The van der Waals surface area contributed by atoms with Crippen molar-refractivity contribution in [2.45, 2.75) is 38.8 Å². The Morgan fingerprint density at radius 1 is 1.30 bits per heavy atom. The van der Waals surface area contributed by atoms with Crippen LogP contribution in [0.4, 0.5) is 0 Å². The number of aliphatic hydroxyl groups excluding tert-OH is 1. The first kappa shape index (κ1) is 15.2. The molecule has 0 fully saturated rings. The largest absolute Gasteiger partial charge is 0.396 e. The minimum absolute atomic E-state index is 0.154. The highest BCUT2D eigenvalue weighted by Crippen LogP contribution is 2.19. The van der Waals surface area contributed by atoms with Gasteiger partial charge in [-0.25, -0.2) is 4.68 Å². The number of aromatic nitrogens is 2. The van der Waals surface area contributed by atoms with Gasteiger partial charge in [0.2, 0.25) is 0 Å². The van der Waals surface area contributed by atoms with E-state index in [1.807, 2.05) is 29.1 Å². The fourth-order valence-corrected chi connectivity index (χ4v) is 2.93. The van der Waals surface area contributed by atoms with Gasteiger partial charge in [-0.15, -0.1) is 0 Å². The Labute approximate surface area is 121 Å². The monoisotopic (exact) mass is 292 g/mol. The fraction of sp³-hybridized carbons (Fsp3) is 0.533. The van der Waals surface area contributed by atoms with Crippen LogP contribution in [0.1, 0.15) is 5.56 Å². The summed E-state index contributed by atoms with van der Waals surface area (Å²) in [5, 5.41) is 14.7. The van der Waals surface area contributed by atoms with E-state index in [1.165, 1.54) is 0 Å². The summed E-state index contributed by atoms with van der Waals surface area (Å²) < 4.78 is 7.66. The van der Waals surface area contributed by atoms with Gasteiger partial charge in [-0.1, -0.05) is 37.8 Å². The third-order valence-corrected chi connectivity index (χ3v) is 5.04. The topological polar surface area (TPSA) is 47.3 Å². The molecule has 0 atom stereocenters. The highest BCUT2D eigenvalue weighted by Gasteiger charge is 2.12. The number of aliphatic hydroxyl groups is 1. The van der Waals surface area contributed by atoms with Gasteiger partial charge >= 0.3 is 0 Å². The van der Waals surface area contributed by atoms with Crippen LogP contribution in [0.15, 0.2) is 24.4 Å². The maximum absolute atomic E-state index is 9.15. The first-order valence-corrected chi connectivity index (χ1v) is 10.8. The lowest BCUT2D eigenvalue weighted by atomic mass is 10.1. The van der Waals surface area contributed by atoms with Crippen molar-refractivity contribution in [1.82, 2.24) is 9.78 Å². The quantitative estimate of drug-likeness (QED) is 0.630. The number of hydrogen-bond acceptors (Lipinski definition) is 3. The Bertz CT molecular complexity index is 560. The minimum atomic E-state index is -1.04. The van der Waals surface area contributed by atoms with Gasteiger partial charge in [0.25, 0.3) is 0 Å². The maximum Gasteiger partial charge on any atom is 0.140 e. The van der Waals surface area contributed by atoms with Crippen molar-refractivity contribution in [2.75, 3.05) is 13.2 Å². The molecule has 1 heterocycles. The van der Waals surface area contributed by atoms with E-state index in [-0.39, 0.29) is 6.61 Å². The van der Waals surface area contributed by atoms with Gasteiger partial charge < -0.3 is 9.84 Å². The Kier molecular flexibility index (Phi) is 4.96. The second-order valence-corrected chi connectivity index (χ2v) is 11.9. The van der Waals surface area contributed by atoms with E-state index in [2.05, 4.69) is 24.7 Å². The third kappa shape index (κ3) is 3.91. The summed E-state index contributed by atoms with van der Waals surface area (Å²) in [5.74, 6) is 0. The summed E-state index contributed by atoms with van der Waals surface area (Å²) >= 11 is 0. The molecule has 4 nitrogen and oxygen atoms in total. The molecule has 20 heavy (non-hydrogen) atoms. The summed E-state index contributed by atoms with van der Waals surface area (Å²) in [7, 11) is -1.04. The average molecular weight is 292 g/mol. The standard InChI is InChI=1S/C15H24N2O2Si/c1-20(2,3)10-9-19-12-17-15-13(7-8-18)5-4-6-14(15)11-16-17/h4-6,11,18H,7-10,12H2,1-3H3. The Hall–Kier alpha value is -1.17. The first-order valence-electron chi connectivity index (χ1n) is 7.13. The molecular weight excluding hydrogens is 268 g/mol. The van der Waals surface area contributed by atoms with Gasteiger partial charge in [0.15, 0.2) is 0 Å². The first-order chi connectivity index (χ1) is 9.51. The van der Waals surface area contributed by atoms with Crippen molar-refractivity contribution < 1.29 is 9.84 Å². The van der Waals surface area contributed by atoms with Crippen molar-refractivity contribution in [3.05, 3.63) is 30.0 Å². The summed E-state index contributed by atoms with van der Waals surface area (Å²) in [4.78, 5) is 0. The molecule has 0 aliphatic rings. The second kappa shape index (κ2) is 6.52. The van der Waals surface area contributed by atoms with E-state index in [4.69, 9.17) is 9.84 Å². The molecule has 2 rings (SSSR count). The van der Waals surface area contributed by atoms with Crippen LogP contribution in [0.2, 0.25) is 25.7 Å². The molecule has 110 valence electrons. The lowest BCUT2D eigenvalue weighted by Gasteiger charge is -2.15. The van der Waals surface area contributed by atoms with E-state index < -0.39 is 8.07 Å².